The van der Waals surface area contributed by atoms with Crippen LogP contribution >= 0.6 is 11.3 Å². The van der Waals surface area contributed by atoms with Gasteiger partial charge in [-0.15, -0.1) is 0 Å². The third-order valence-corrected chi connectivity index (χ3v) is 3.33. The molecule has 0 bridgehead atoms. The minimum atomic E-state index is -1.02. The van der Waals surface area contributed by atoms with Gasteiger partial charge in [-0.05, 0) is 25.1 Å². The van der Waals surface area contributed by atoms with E-state index in [9.17, 15) is 9.59 Å². The van der Waals surface area contributed by atoms with Gasteiger partial charge in [-0.3, -0.25) is 10.1 Å². The number of carbonyl (C=O) groups is 2. The fraction of sp³-hybridized carbons (Fsp3) is 0.0714. The lowest BCUT2D eigenvalue weighted by molar-refractivity contribution is -0.131. The number of carboxylic acid groups (broad SMARTS) is 1. The number of amides is 1. The van der Waals surface area contributed by atoms with Crippen LogP contribution < -0.4 is 5.32 Å². The first kappa shape index (κ1) is 14.0. The van der Waals surface area contributed by atoms with Crippen molar-refractivity contribution in [3.63, 3.8) is 0 Å². The number of thiazole rings is 1. The number of hydrogen-bond acceptors (Lipinski definition) is 4. The van der Waals surface area contributed by atoms with Crippen LogP contribution in [0, 0.1) is 6.92 Å². The van der Waals surface area contributed by atoms with Gasteiger partial charge in [0.1, 0.15) is 0 Å². The lowest BCUT2D eigenvalue weighted by Gasteiger charge is -2.01. The number of rotatable bonds is 4. The lowest BCUT2D eigenvalue weighted by atomic mass is 10.1. The fourth-order valence-electron chi connectivity index (χ4n) is 1.45. The summed E-state index contributed by atoms with van der Waals surface area (Å²) in [5.41, 5.74) is 1.63. The van der Waals surface area contributed by atoms with E-state index in [4.69, 9.17) is 5.11 Å². The summed E-state index contributed by atoms with van der Waals surface area (Å²) in [5, 5.41) is 11.6. The highest BCUT2D eigenvalue weighted by atomic mass is 32.1. The normalized spacial score (nSPS) is 10.7. The van der Waals surface area contributed by atoms with Crippen molar-refractivity contribution < 1.29 is 14.7 Å². The van der Waals surface area contributed by atoms with E-state index in [-0.39, 0.29) is 5.91 Å². The Morgan fingerprint density at radius 2 is 2.00 bits per heavy atom. The van der Waals surface area contributed by atoms with Crippen molar-refractivity contribution in [1.29, 1.82) is 0 Å². The van der Waals surface area contributed by atoms with Crippen molar-refractivity contribution in [3.05, 3.63) is 52.5 Å². The van der Waals surface area contributed by atoms with Gasteiger partial charge < -0.3 is 5.11 Å². The largest absolute Gasteiger partial charge is 0.478 e. The van der Waals surface area contributed by atoms with Gasteiger partial charge in [0.2, 0.25) is 0 Å². The van der Waals surface area contributed by atoms with E-state index >= 15 is 0 Å². The van der Waals surface area contributed by atoms with Crippen LogP contribution in [0.15, 0.2) is 36.5 Å². The van der Waals surface area contributed by atoms with E-state index in [0.29, 0.717) is 15.6 Å². The predicted molar refractivity (Wildman–Crippen MR) is 77.9 cm³/mol. The molecule has 0 radical (unpaired) electrons. The highest BCUT2D eigenvalue weighted by molar-refractivity contribution is 7.16. The molecule has 2 aromatic rings. The van der Waals surface area contributed by atoms with Crippen molar-refractivity contribution in [2.45, 2.75) is 6.92 Å². The molecule has 0 aliphatic rings. The molecule has 2 N–H and O–H groups in total. The van der Waals surface area contributed by atoms with Gasteiger partial charge in [-0.2, -0.15) is 0 Å². The molecule has 1 amide bonds. The second-order valence-corrected chi connectivity index (χ2v) is 5.12. The van der Waals surface area contributed by atoms with Crippen LogP contribution in [0.1, 0.15) is 20.8 Å². The summed E-state index contributed by atoms with van der Waals surface area (Å²) < 4.78 is 0. The van der Waals surface area contributed by atoms with E-state index < -0.39 is 5.97 Å². The average molecular weight is 288 g/mol. The molecule has 1 heterocycles. The molecule has 5 nitrogen and oxygen atoms in total. The Balaban J connectivity index is 2.05. The topological polar surface area (TPSA) is 79.3 Å². The molecule has 0 spiro atoms. The van der Waals surface area contributed by atoms with Crippen LogP contribution in [-0.2, 0) is 4.79 Å². The quantitative estimate of drug-likeness (QED) is 0.848. The summed E-state index contributed by atoms with van der Waals surface area (Å²) >= 11 is 1.21. The van der Waals surface area contributed by atoms with Crippen molar-refractivity contribution in [1.82, 2.24) is 4.98 Å². The first-order chi connectivity index (χ1) is 9.54. The second kappa shape index (κ2) is 6.12. The van der Waals surface area contributed by atoms with Gasteiger partial charge in [0, 0.05) is 22.7 Å². The maximum atomic E-state index is 11.9. The highest BCUT2D eigenvalue weighted by Crippen LogP contribution is 2.20. The van der Waals surface area contributed by atoms with Crippen molar-refractivity contribution in [2.75, 3.05) is 5.32 Å². The second-order valence-electron chi connectivity index (χ2n) is 4.06. The molecule has 0 unspecified atom stereocenters. The van der Waals surface area contributed by atoms with Crippen molar-refractivity contribution in [2.24, 2.45) is 0 Å². The third-order valence-electron chi connectivity index (χ3n) is 2.45. The van der Waals surface area contributed by atoms with E-state index in [0.717, 1.165) is 11.6 Å². The lowest BCUT2D eigenvalue weighted by Crippen LogP contribution is -2.11. The summed E-state index contributed by atoms with van der Waals surface area (Å²) in [5.74, 6) is -1.27. The molecule has 6 heteroatoms. The molecule has 2 rings (SSSR count). The summed E-state index contributed by atoms with van der Waals surface area (Å²) in [6, 6.07) is 7.20. The van der Waals surface area contributed by atoms with Gasteiger partial charge in [0.05, 0.1) is 0 Å². The Kier molecular flexibility index (Phi) is 4.27. The minimum Gasteiger partial charge on any atom is -0.478 e. The zero-order chi connectivity index (χ0) is 14.5. The number of hydrogen-bond donors (Lipinski definition) is 2. The van der Waals surface area contributed by atoms with Crippen LogP contribution in [-0.4, -0.2) is 22.0 Å². The summed E-state index contributed by atoms with van der Waals surface area (Å²) in [6.07, 6.45) is 3.97. The Bertz CT molecular complexity index is 659. The number of carboxylic acids is 1. The number of carbonyl (C=O) groups excluding carboxylic acids is 1. The maximum Gasteiger partial charge on any atom is 0.328 e. The van der Waals surface area contributed by atoms with Gasteiger partial charge in [0.25, 0.3) is 5.91 Å². The summed E-state index contributed by atoms with van der Waals surface area (Å²) in [6.45, 7) is 1.95. The molecule has 0 saturated carbocycles. The van der Waals surface area contributed by atoms with E-state index in [1.807, 2.05) is 19.1 Å². The number of aliphatic carboxylic acids is 1. The first-order valence-corrected chi connectivity index (χ1v) is 6.61. The zero-order valence-electron chi connectivity index (χ0n) is 10.7. The molecule has 0 fully saturated rings. The average Bonchev–Trinajstić information content (AvgIpc) is 2.84. The van der Waals surface area contributed by atoms with Crippen LogP contribution in [0.2, 0.25) is 0 Å². The molecule has 0 aliphatic carbocycles. The highest BCUT2D eigenvalue weighted by Gasteiger charge is 2.08. The minimum absolute atomic E-state index is 0.242. The van der Waals surface area contributed by atoms with Crippen molar-refractivity contribution in [3.8, 4) is 0 Å². The molecule has 20 heavy (non-hydrogen) atoms. The molecule has 0 aliphatic heterocycles. The third kappa shape index (κ3) is 3.76. The predicted octanol–water partition coefficient (Wildman–Crippen LogP) is 2.80. The van der Waals surface area contributed by atoms with Gasteiger partial charge in [-0.25, -0.2) is 9.78 Å². The van der Waals surface area contributed by atoms with Crippen molar-refractivity contribution >= 4 is 34.4 Å². The first-order valence-electron chi connectivity index (χ1n) is 5.79. The van der Waals surface area contributed by atoms with Gasteiger partial charge in [-0.1, -0.05) is 29.0 Å². The number of aromatic nitrogens is 1. The fourth-order valence-corrected chi connectivity index (χ4v) is 2.16. The summed E-state index contributed by atoms with van der Waals surface area (Å²) in [4.78, 5) is 27.0. The maximum absolute atomic E-state index is 11.9. The molecule has 1 aromatic carbocycles. The Morgan fingerprint density at radius 1 is 1.30 bits per heavy atom. The van der Waals surface area contributed by atoms with Gasteiger partial charge in [0.15, 0.2) is 5.13 Å². The Morgan fingerprint density at radius 3 is 2.65 bits per heavy atom. The standard InChI is InChI=1S/C14H12N2O3S/c1-9-2-4-10(5-3-9)13(19)16-14-15-8-11(20-14)6-7-12(17)18/h2-8H,1H3,(H,17,18)(H,15,16,19). The SMILES string of the molecule is Cc1ccc(C(=O)Nc2ncc(C=CC(=O)O)s2)cc1. The molecule has 0 atom stereocenters. The van der Waals surface area contributed by atoms with Gasteiger partial charge >= 0.3 is 5.97 Å². The summed E-state index contributed by atoms with van der Waals surface area (Å²) in [7, 11) is 0. The molecular weight excluding hydrogens is 276 g/mol. The Hall–Kier alpha value is -2.47. The van der Waals surface area contributed by atoms with Crippen LogP contribution in [0.3, 0.4) is 0 Å². The molecule has 1 aromatic heterocycles. The monoisotopic (exact) mass is 288 g/mol. The number of nitrogens with zero attached hydrogens (tertiary/aromatic N) is 1. The number of benzene rings is 1. The van der Waals surface area contributed by atoms with E-state index in [1.54, 1.807) is 12.1 Å². The van der Waals surface area contributed by atoms with E-state index in [2.05, 4.69) is 10.3 Å². The Labute approximate surface area is 119 Å². The van der Waals surface area contributed by atoms with E-state index in [1.165, 1.54) is 23.6 Å². The zero-order valence-corrected chi connectivity index (χ0v) is 11.5. The van der Waals surface area contributed by atoms with Crippen LogP contribution in [0.25, 0.3) is 6.08 Å². The smallest absolute Gasteiger partial charge is 0.328 e. The molecule has 0 saturated heterocycles. The number of anilines is 1. The molecular formula is C14H12N2O3S. The van der Waals surface area contributed by atoms with Crippen LogP contribution in [0.4, 0.5) is 5.13 Å². The van der Waals surface area contributed by atoms with Crippen LogP contribution in [0.5, 0.6) is 0 Å². The number of nitrogens with one attached hydrogen (secondary N) is 1. The number of aryl methyl sites for hydroxylation is 1. The molecule has 102 valence electrons.